The van der Waals surface area contributed by atoms with Crippen LogP contribution >= 0.6 is 0 Å². The van der Waals surface area contributed by atoms with Crippen LogP contribution in [0.5, 0.6) is 0 Å². The quantitative estimate of drug-likeness (QED) is 0.367. The van der Waals surface area contributed by atoms with Crippen LogP contribution in [0.4, 0.5) is 11.4 Å². The smallest absolute Gasteiger partial charge is 0.270 e. The summed E-state index contributed by atoms with van der Waals surface area (Å²) in [5.74, 6) is 0. The number of benzene rings is 1. The van der Waals surface area contributed by atoms with E-state index in [1.54, 1.807) is 12.1 Å². The summed E-state index contributed by atoms with van der Waals surface area (Å²) in [6.07, 6.45) is 1.90. The minimum Gasteiger partial charge on any atom is -0.721 e. The van der Waals surface area contributed by atoms with Crippen molar-refractivity contribution in [1.82, 2.24) is 4.48 Å². The number of nitro benzene ring substituents is 1. The average Bonchev–Trinajstić information content (AvgIpc) is 2.60. The SMILES string of the molecule is CC(C)[N+]1(C(C)C)C([S-])=Cc2cc([N+](=O)[O-])ccc21. The molecule has 0 saturated carbocycles. The second kappa shape index (κ2) is 4.58. The summed E-state index contributed by atoms with van der Waals surface area (Å²) < 4.78 is 0.600. The first-order valence-electron chi connectivity index (χ1n) is 6.38. The second-order valence-electron chi connectivity index (χ2n) is 5.45. The number of hydrogen-bond acceptors (Lipinski definition) is 3. The first-order chi connectivity index (χ1) is 8.81. The predicted molar refractivity (Wildman–Crippen MR) is 80.5 cm³/mol. The number of hydrogen-bond donors (Lipinski definition) is 0. The predicted octanol–water partition coefficient (Wildman–Crippen LogP) is 3.58. The topological polar surface area (TPSA) is 43.1 Å². The first kappa shape index (κ1) is 14.0. The molecular weight excluding hydrogens is 260 g/mol. The minimum atomic E-state index is -0.366. The van der Waals surface area contributed by atoms with Gasteiger partial charge in [0, 0.05) is 23.8 Å². The normalized spacial score (nSPS) is 16.6. The van der Waals surface area contributed by atoms with Crippen molar-refractivity contribution in [1.29, 1.82) is 0 Å². The van der Waals surface area contributed by atoms with Crippen molar-refractivity contribution in [3.8, 4) is 0 Å². The third-order valence-electron chi connectivity index (χ3n) is 3.89. The van der Waals surface area contributed by atoms with Gasteiger partial charge in [-0.1, -0.05) is 0 Å². The van der Waals surface area contributed by atoms with Gasteiger partial charge in [-0.25, -0.2) is 0 Å². The molecule has 0 radical (unpaired) electrons. The molecule has 2 rings (SSSR count). The van der Waals surface area contributed by atoms with Crippen LogP contribution in [0.2, 0.25) is 0 Å². The monoisotopic (exact) mass is 278 g/mol. The minimum absolute atomic E-state index is 0.116. The summed E-state index contributed by atoms with van der Waals surface area (Å²) in [6.45, 7) is 8.54. The molecule has 1 aliphatic heterocycles. The molecule has 1 aromatic carbocycles. The lowest BCUT2D eigenvalue weighted by molar-refractivity contribution is -0.384. The second-order valence-corrected chi connectivity index (χ2v) is 5.87. The zero-order chi connectivity index (χ0) is 14.4. The summed E-state index contributed by atoms with van der Waals surface area (Å²) in [4.78, 5) is 10.5. The summed E-state index contributed by atoms with van der Waals surface area (Å²) in [7, 11) is 0. The van der Waals surface area contributed by atoms with Gasteiger partial charge < -0.3 is 12.6 Å². The van der Waals surface area contributed by atoms with E-state index in [2.05, 4.69) is 27.7 Å². The van der Waals surface area contributed by atoms with Crippen LogP contribution in [0.3, 0.4) is 0 Å². The number of fused-ring (bicyclic) bond motifs is 1. The maximum absolute atomic E-state index is 10.9. The Labute approximate surface area is 118 Å². The molecule has 0 spiro atoms. The number of rotatable bonds is 3. The van der Waals surface area contributed by atoms with E-state index < -0.39 is 0 Å². The summed E-state index contributed by atoms with van der Waals surface area (Å²) in [6, 6.07) is 5.63. The maximum atomic E-state index is 10.9. The van der Waals surface area contributed by atoms with Gasteiger partial charge in [-0.2, -0.15) is 0 Å². The highest BCUT2D eigenvalue weighted by Gasteiger charge is 2.42. The van der Waals surface area contributed by atoms with E-state index in [9.17, 15) is 10.1 Å². The van der Waals surface area contributed by atoms with Gasteiger partial charge in [0.15, 0.2) is 0 Å². The molecule has 0 fully saturated rings. The lowest BCUT2D eigenvalue weighted by Gasteiger charge is -2.47. The zero-order valence-electron chi connectivity index (χ0n) is 11.6. The molecule has 0 unspecified atom stereocenters. The Kier molecular flexibility index (Phi) is 3.36. The van der Waals surface area contributed by atoms with Crippen LogP contribution in [-0.4, -0.2) is 17.0 Å². The van der Waals surface area contributed by atoms with Gasteiger partial charge >= 0.3 is 0 Å². The summed E-state index contributed by atoms with van der Waals surface area (Å²) in [5, 5.41) is 11.7. The lowest BCUT2D eigenvalue weighted by atomic mass is 10.1. The van der Waals surface area contributed by atoms with E-state index in [1.165, 1.54) is 0 Å². The number of non-ortho nitro benzene ring substituents is 1. The fraction of sp³-hybridized carbons (Fsp3) is 0.429. The van der Waals surface area contributed by atoms with Gasteiger partial charge in [0.1, 0.15) is 5.69 Å². The standard InChI is InChI=1S/C14H18N2O2S/c1-9(2)16(10(3)4)13-6-5-12(15(17)18)7-11(13)8-14(16)19/h5-10H,1-4H3. The Morgan fingerprint density at radius 1 is 1.21 bits per heavy atom. The van der Waals surface area contributed by atoms with Gasteiger partial charge in [0.25, 0.3) is 5.69 Å². The molecule has 0 saturated heterocycles. The third-order valence-corrected chi connectivity index (χ3v) is 4.31. The van der Waals surface area contributed by atoms with Crippen molar-refractivity contribution in [3.05, 3.63) is 38.9 Å². The molecule has 102 valence electrons. The van der Waals surface area contributed by atoms with Crippen LogP contribution in [0.1, 0.15) is 33.3 Å². The molecule has 19 heavy (non-hydrogen) atoms. The Bertz CT molecular complexity index is 557. The number of quaternary nitrogens is 1. The van der Waals surface area contributed by atoms with E-state index >= 15 is 0 Å². The Hall–Kier alpha value is -1.46. The molecular formula is C14H18N2O2S. The molecule has 0 aromatic heterocycles. The highest BCUT2D eigenvalue weighted by Crippen LogP contribution is 2.45. The van der Waals surface area contributed by atoms with E-state index in [-0.39, 0.29) is 10.6 Å². The number of nitro groups is 1. The molecule has 0 aliphatic carbocycles. The van der Waals surface area contributed by atoms with E-state index in [0.717, 1.165) is 16.3 Å². The molecule has 1 heterocycles. The molecule has 1 aliphatic rings. The van der Waals surface area contributed by atoms with Crippen LogP contribution in [0.15, 0.2) is 23.2 Å². The maximum Gasteiger partial charge on any atom is 0.270 e. The first-order valence-corrected chi connectivity index (χ1v) is 6.79. The molecule has 0 atom stereocenters. The van der Waals surface area contributed by atoms with Crippen LogP contribution in [-0.2, 0) is 12.6 Å². The lowest BCUT2D eigenvalue weighted by Crippen LogP contribution is -2.56. The molecule has 5 heteroatoms. The molecule has 0 bridgehead atoms. The highest BCUT2D eigenvalue weighted by molar-refractivity contribution is 7.63. The Balaban J connectivity index is 2.67. The zero-order valence-corrected chi connectivity index (χ0v) is 12.4. The molecule has 0 N–H and O–H groups in total. The van der Waals surface area contributed by atoms with Crippen molar-refractivity contribution < 1.29 is 4.92 Å². The van der Waals surface area contributed by atoms with Gasteiger partial charge in [-0.15, -0.1) is 0 Å². The third kappa shape index (κ3) is 1.84. The van der Waals surface area contributed by atoms with Crippen molar-refractivity contribution >= 4 is 30.1 Å². The highest BCUT2D eigenvalue weighted by atomic mass is 32.1. The average molecular weight is 278 g/mol. The van der Waals surface area contributed by atoms with Crippen LogP contribution in [0.25, 0.3) is 6.08 Å². The fourth-order valence-electron chi connectivity index (χ4n) is 3.13. The van der Waals surface area contributed by atoms with E-state index in [0.29, 0.717) is 16.6 Å². The summed E-state index contributed by atoms with van der Waals surface area (Å²) in [5.41, 5.74) is 2.06. The molecule has 1 aromatic rings. The van der Waals surface area contributed by atoms with Gasteiger partial charge in [0.2, 0.25) is 0 Å². The number of nitrogens with zero attached hydrogens (tertiary/aromatic N) is 2. The van der Waals surface area contributed by atoms with Crippen LogP contribution < -0.4 is 4.48 Å². The van der Waals surface area contributed by atoms with E-state index in [4.69, 9.17) is 12.6 Å². The van der Waals surface area contributed by atoms with Gasteiger partial charge in [0.05, 0.1) is 17.0 Å². The largest absolute Gasteiger partial charge is 0.721 e. The van der Waals surface area contributed by atoms with Gasteiger partial charge in [-0.05, 0) is 38.8 Å². The van der Waals surface area contributed by atoms with Gasteiger partial charge in [-0.3, -0.25) is 14.6 Å². The molecule has 4 nitrogen and oxygen atoms in total. The Morgan fingerprint density at radius 3 is 2.26 bits per heavy atom. The Morgan fingerprint density at radius 2 is 1.79 bits per heavy atom. The van der Waals surface area contributed by atoms with E-state index in [1.807, 2.05) is 12.1 Å². The van der Waals surface area contributed by atoms with Crippen molar-refractivity contribution in [3.63, 3.8) is 0 Å². The van der Waals surface area contributed by atoms with Crippen LogP contribution in [0, 0.1) is 10.1 Å². The molecule has 0 amide bonds. The van der Waals surface area contributed by atoms with Crippen molar-refractivity contribution in [2.75, 3.05) is 0 Å². The van der Waals surface area contributed by atoms with Crippen molar-refractivity contribution in [2.24, 2.45) is 0 Å². The fourth-order valence-corrected chi connectivity index (χ4v) is 3.78. The summed E-state index contributed by atoms with van der Waals surface area (Å²) >= 11 is 5.57. The van der Waals surface area contributed by atoms with Crippen molar-refractivity contribution in [2.45, 2.75) is 39.8 Å².